The molecule has 0 radical (unpaired) electrons. The van der Waals surface area contributed by atoms with Gasteiger partial charge < -0.3 is 19.7 Å². The summed E-state index contributed by atoms with van der Waals surface area (Å²) in [5.41, 5.74) is 3.41. The first-order valence-electron chi connectivity index (χ1n) is 13.8. The van der Waals surface area contributed by atoms with Crippen LogP contribution in [-0.4, -0.2) is 51.9 Å². The Morgan fingerprint density at radius 1 is 1.27 bits per heavy atom. The van der Waals surface area contributed by atoms with Gasteiger partial charge in [0.1, 0.15) is 30.0 Å². The molecule has 1 fully saturated rings. The summed E-state index contributed by atoms with van der Waals surface area (Å²) in [5.74, 6) is 6.41. The molecule has 1 N–H and O–H groups in total. The lowest BCUT2D eigenvalue weighted by Crippen LogP contribution is -2.46. The molecule has 6 rings (SSSR count). The summed E-state index contributed by atoms with van der Waals surface area (Å²) in [6.45, 7) is 8.26. The largest absolute Gasteiger partial charge is 0.487 e. The van der Waals surface area contributed by atoms with Gasteiger partial charge in [-0.05, 0) is 69.0 Å². The number of rotatable bonds is 5. The Hall–Kier alpha value is -4.58. The molecular weight excluding hydrogens is 502 g/mol. The van der Waals surface area contributed by atoms with E-state index in [1.165, 1.54) is 12.8 Å². The monoisotopic (exact) mass is 537 g/mol. The number of benzene rings is 1. The molecule has 0 saturated carbocycles. The fourth-order valence-corrected chi connectivity index (χ4v) is 4.89. The number of hydrogen-bond acceptors (Lipinski definition) is 9. The van der Waals surface area contributed by atoms with Crippen molar-refractivity contribution in [1.29, 1.82) is 0 Å². The molecule has 3 aliphatic rings. The number of nitrogens with one attached hydrogen (secondary N) is 1. The van der Waals surface area contributed by atoms with Crippen LogP contribution in [0.5, 0.6) is 11.5 Å². The van der Waals surface area contributed by atoms with Crippen molar-refractivity contribution in [3.8, 4) is 23.8 Å². The molecule has 2 aromatic heterocycles. The molecule has 1 atom stereocenters. The van der Waals surface area contributed by atoms with Gasteiger partial charge in [0, 0.05) is 37.1 Å². The lowest BCUT2D eigenvalue weighted by molar-refractivity contribution is 0.238. The summed E-state index contributed by atoms with van der Waals surface area (Å²) in [5, 5.41) is 9.53. The Balaban J connectivity index is 0.000000758. The topological polar surface area (TPSA) is 88.0 Å². The molecule has 3 aromatic rings. The Bertz CT molecular complexity index is 1490. The van der Waals surface area contributed by atoms with Crippen molar-refractivity contribution >= 4 is 34.6 Å². The van der Waals surface area contributed by atoms with Gasteiger partial charge in [-0.3, -0.25) is 5.01 Å². The van der Waals surface area contributed by atoms with Crippen molar-refractivity contribution < 1.29 is 9.47 Å². The van der Waals surface area contributed by atoms with E-state index in [1.54, 1.807) is 12.5 Å². The molecule has 206 valence electrons. The highest BCUT2D eigenvalue weighted by atomic mass is 16.5. The van der Waals surface area contributed by atoms with Gasteiger partial charge in [0.05, 0.1) is 18.1 Å². The van der Waals surface area contributed by atoms with Gasteiger partial charge in [0.25, 0.3) is 0 Å². The van der Waals surface area contributed by atoms with Gasteiger partial charge >= 0.3 is 0 Å². The van der Waals surface area contributed by atoms with Gasteiger partial charge in [0.15, 0.2) is 17.4 Å². The van der Waals surface area contributed by atoms with Crippen LogP contribution in [0.1, 0.15) is 45.1 Å². The summed E-state index contributed by atoms with van der Waals surface area (Å²) < 4.78 is 12.2. The molecule has 0 aliphatic carbocycles. The van der Waals surface area contributed by atoms with Gasteiger partial charge in [-0.1, -0.05) is 6.92 Å². The number of nitrogens with zero attached hydrogens (tertiary/aromatic N) is 6. The molecule has 9 nitrogen and oxygen atoms in total. The van der Waals surface area contributed by atoms with Crippen molar-refractivity contribution in [2.45, 2.75) is 52.5 Å². The van der Waals surface area contributed by atoms with Crippen LogP contribution in [0.3, 0.4) is 0 Å². The zero-order valence-electron chi connectivity index (χ0n) is 23.3. The van der Waals surface area contributed by atoms with Crippen molar-refractivity contribution in [3.05, 3.63) is 60.3 Å². The molecule has 9 heteroatoms. The standard InChI is InChI=1S/C27H29N7O2.C4H6/c1-3-30-33-12-9-21(10-13-33)36-23-8-7-19(14-18(23)2)31-26-25-22(28-17-29-26)15-24-27(32-25)34-11-5-4-6-20(34)16-35-24;1-3-4-2/h3,7-10,12,14-15,17,20H,4-6,11,13,16H2,1-2H3,(H,28,29,31);1H,4H2,2H3/b30-3-;. The van der Waals surface area contributed by atoms with Crippen LogP contribution in [0.25, 0.3) is 11.0 Å². The first-order chi connectivity index (χ1) is 19.6. The summed E-state index contributed by atoms with van der Waals surface area (Å²) in [7, 11) is 0. The maximum atomic E-state index is 6.11. The summed E-state index contributed by atoms with van der Waals surface area (Å²) in [6, 6.07) is 8.37. The molecule has 1 aromatic carbocycles. The lowest BCUT2D eigenvalue weighted by Gasteiger charge is -2.40. The highest BCUT2D eigenvalue weighted by molar-refractivity contribution is 5.90. The average molecular weight is 538 g/mol. The quantitative estimate of drug-likeness (QED) is 0.315. The number of hydrogen-bond donors (Lipinski definition) is 1. The van der Waals surface area contributed by atoms with E-state index in [0.29, 0.717) is 25.0 Å². The van der Waals surface area contributed by atoms with E-state index in [2.05, 4.69) is 31.2 Å². The molecule has 3 aliphatic heterocycles. The van der Waals surface area contributed by atoms with Crippen molar-refractivity contribution in [2.24, 2.45) is 5.10 Å². The SMILES string of the molecule is C#CCC.C/C=N\N1C=CC(Oc2ccc(Nc3ncnc4cc5c(nc34)N3CCCCC3CO5)cc2C)=CC1. The molecule has 0 bridgehead atoms. The Morgan fingerprint density at radius 3 is 2.90 bits per heavy atom. The third kappa shape index (κ3) is 6.01. The molecule has 5 heterocycles. The first kappa shape index (κ1) is 27.0. The maximum Gasteiger partial charge on any atom is 0.172 e. The number of anilines is 3. The zero-order chi connectivity index (χ0) is 27.9. The first-order valence-corrected chi connectivity index (χ1v) is 13.8. The van der Waals surface area contributed by atoms with Crippen LogP contribution >= 0.6 is 0 Å². The van der Waals surface area contributed by atoms with Gasteiger partial charge in [-0.2, -0.15) is 5.10 Å². The number of terminal acetylenes is 1. The second-order valence-corrected chi connectivity index (χ2v) is 9.74. The third-order valence-corrected chi connectivity index (χ3v) is 6.91. The summed E-state index contributed by atoms with van der Waals surface area (Å²) in [6.07, 6.45) is 18.3. The lowest BCUT2D eigenvalue weighted by atomic mass is 10.0. The fraction of sp³-hybridized carbons (Fsp3) is 0.355. The average Bonchev–Trinajstić information content (AvgIpc) is 2.99. The van der Waals surface area contributed by atoms with Crippen molar-refractivity contribution in [3.63, 3.8) is 0 Å². The smallest absolute Gasteiger partial charge is 0.172 e. The molecular formula is C31H35N7O2. The zero-order valence-corrected chi connectivity index (χ0v) is 23.3. The van der Waals surface area contributed by atoms with E-state index >= 15 is 0 Å². The summed E-state index contributed by atoms with van der Waals surface area (Å²) in [4.78, 5) is 16.3. The highest BCUT2D eigenvalue weighted by Gasteiger charge is 2.31. The minimum absolute atomic E-state index is 0.393. The number of pyridine rings is 1. The van der Waals surface area contributed by atoms with Crippen LogP contribution in [0.2, 0.25) is 0 Å². The van der Waals surface area contributed by atoms with E-state index in [-0.39, 0.29) is 0 Å². The Kier molecular flexibility index (Phi) is 8.45. The second kappa shape index (κ2) is 12.5. The number of ether oxygens (including phenoxy) is 2. The van der Waals surface area contributed by atoms with Crippen molar-refractivity contribution in [1.82, 2.24) is 20.0 Å². The minimum Gasteiger partial charge on any atom is -0.487 e. The molecule has 1 unspecified atom stereocenters. The maximum absolute atomic E-state index is 6.11. The molecule has 0 amide bonds. The number of aromatic nitrogens is 3. The van der Waals surface area contributed by atoms with Gasteiger partial charge in [-0.25, -0.2) is 15.0 Å². The molecule has 1 saturated heterocycles. The Morgan fingerprint density at radius 2 is 2.15 bits per heavy atom. The summed E-state index contributed by atoms with van der Waals surface area (Å²) >= 11 is 0. The predicted molar refractivity (Wildman–Crippen MR) is 160 cm³/mol. The van der Waals surface area contributed by atoms with E-state index in [9.17, 15) is 0 Å². The van der Waals surface area contributed by atoms with E-state index < -0.39 is 0 Å². The van der Waals surface area contributed by atoms with Crippen LogP contribution < -0.4 is 19.7 Å². The fourth-order valence-electron chi connectivity index (χ4n) is 4.89. The normalized spacial score (nSPS) is 17.6. The third-order valence-electron chi connectivity index (χ3n) is 6.91. The van der Waals surface area contributed by atoms with Crippen LogP contribution in [0.4, 0.5) is 17.3 Å². The second-order valence-electron chi connectivity index (χ2n) is 9.74. The van der Waals surface area contributed by atoms with E-state index in [1.807, 2.05) is 68.4 Å². The number of fused-ring (bicyclic) bond motifs is 4. The van der Waals surface area contributed by atoms with Crippen LogP contribution in [-0.2, 0) is 0 Å². The van der Waals surface area contributed by atoms with Crippen LogP contribution in [0, 0.1) is 19.3 Å². The number of aryl methyl sites for hydroxylation is 1. The van der Waals surface area contributed by atoms with Gasteiger partial charge in [0.2, 0.25) is 0 Å². The number of piperidine rings is 1. The van der Waals surface area contributed by atoms with E-state index in [4.69, 9.17) is 20.9 Å². The molecule has 40 heavy (non-hydrogen) atoms. The van der Waals surface area contributed by atoms with Crippen LogP contribution in [0.15, 0.2) is 59.8 Å². The highest BCUT2D eigenvalue weighted by Crippen LogP contribution is 2.38. The number of allylic oxidation sites excluding steroid dienone is 1. The van der Waals surface area contributed by atoms with E-state index in [0.717, 1.165) is 64.7 Å². The number of hydrazone groups is 1. The van der Waals surface area contributed by atoms with Gasteiger partial charge in [-0.15, -0.1) is 12.3 Å². The Labute approximate surface area is 235 Å². The molecule has 0 spiro atoms. The minimum atomic E-state index is 0.393. The van der Waals surface area contributed by atoms with Crippen molar-refractivity contribution in [2.75, 3.05) is 29.9 Å². The predicted octanol–water partition coefficient (Wildman–Crippen LogP) is 5.96.